The van der Waals surface area contributed by atoms with Crippen LogP contribution in [0.3, 0.4) is 0 Å². The molecule has 1 heterocycles. The van der Waals surface area contributed by atoms with E-state index in [1.807, 2.05) is 0 Å². The molecule has 1 aliphatic rings. The molecule has 0 bridgehead atoms. The first-order valence-electron chi connectivity index (χ1n) is 8.14. The minimum atomic E-state index is 0.614. The predicted octanol–water partition coefficient (Wildman–Crippen LogP) is 3.91. The van der Waals surface area contributed by atoms with Crippen LogP contribution in [0.2, 0.25) is 0 Å². The summed E-state index contributed by atoms with van der Waals surface area (Å²) in [6.07, 6.45) is 2.45. The SMILES string of the molecule is CCC(C)C1CN(c2ccc(C)cc2C)C(CC)CN1. The molecule has 0 spiro atoms. The standard InChI is InChI=1S/C18H30N2/c1-6-14(4)17-12-20(16(7-2)11-19-17)18-9-8-13(3)10-15(18)5/h8-10,14,16-17,19H,6-7,11-12H2,1-5H3. The molecule has 0 aromatic heterocycles. The minimum absolute atomic E-state index is 0.614. The maximum atomic E-state index is 3.76. The lowest BCUT2D eigenvalue weighted by atomic mass is 9.94. The summed E-state index contributed by atoms with van der Waals surface area (Å²) in [5.41, 5.74) is 4.19. The predicted molar refractivity (Wildman–Crippen MR) is 88.6 cm³/mol. The van der Waals surface area contributed by atoms with Gasteiger partial charge in [-0.05, 0) is 37.8 Å². The van der Waals surface area contributed by atoms with Crippen molar-refractivity contribution >= 4 is 5.69 Å². The molecule has 20 heavy (non-hydrogen) atoms. The Kier molecular flexibility index (Phi) is 5.09. The van der Waals surface area contributed by atoms with Gasteiger partial charge < -0.3 is 10.2 Å². The maximum Gasteiger partial charge on any atom is 0.0412 e. The summed E-state index contributed by atoms with van der Waals surface area (Å²) in [5, 5.41) is 3.76. The number of hydrogen-bond acceptors (Lipinski definition) is 2. The molecule has 1 aromatic carbocycles. The molecular weight excluding hydrogens is 244 g/mol. The summed E-state index contributed by atoms with van der Waals surface area (Å²) in [6.45, 7) is 13.6. The molecule has 3 unspecified atom stereocenters. The molecule has 1 saturated heterocycles. The Hall–Kier alpha value is -1.02. The lowest BCUT2D eigenvalue weighted by Crippen LogP contribution is -2.58. The van der Waals surface area contributed by atoms with E-state index in [-0.39, 0.29) is 0 Å². The second-order valence-electron chi connectivity index (χ2n) is 6.40. The fourth-order valence-electron chi connectivity index (χ4n) is 3.28. The van der Waals surface area contributed by atoms with Crippen LogP contribution < -0.4 is 10.2 Å². The third-order valence-corrected chi connectivity index (χ3v) is 4.91. The zero-order valence-corrected chi connectivity index (χ0v) is 13.7. The third kappa shape index (κ3) is 3.17. The number of nitrogens with zero attached hydrogens (tertiary/aromatic N) is 1. The molecule has 1 aliphatic heterocycles. The van der Waals surface area contributed by atoms with Crippen molar-refractivity contribution in [2.24, 2.45) is 5.92 Å². The summed E-state index contributed by atoms with van der Waals surface area (Å²) in [7, 11) is 0. The molecule has 1 fully saturated rings. The fourth-order valence-corrected chi connectivity index (χ4v) is 3.28. The number of rotatable bonds is 4. The van der Waals surface area contributed by atoms with Crippen molar-refractivity contribution in [1.82, 2.24) is 5.32 Å². The number of anilines is 1. The van der Waals surface area contributed by atoms with Gasteiger partial charge in [-0.15, -0.1) is 0 Å². The topological polar surface area (TPSA) is 15.3 Å². The van der Waals surface area contributed by atoms with Gasteiger partial charge in [0.1, 0.15) is 0 Å². The lowest BCUT2D eigenvalue weighted by Gasteiger charge is -2.44. The highest BCUT2D eigenvalue weighted by Crippen LogP contribution is 2.27. The molecule has 2 heteroatoms. The highest BCUT2D eigenvalue weighted by molar-refractivity contribution is 5.55. The summed E-state index contributed by atoms with van der Waals surface area (Å²) in [5.74, 6) is 0.737. The quantitative estimate of drug-likeness (QED) is 0.895. The molecule has 1 N–H and O–H groups in total. The summed E-state index contributed by atoms with van der Waals surface area (Å²) in [6, 6.07) is 8.10. The monoisotopic (exact) mass is 274 g/mol. The van der Waals surface area contributed by atoms with E-state index in [1.54, 1.807) is 0 Å². The molecule has 0 saturated carbocycles. The number of piperazine rings is 1. The average Bonchev–Trinajstić information content (AvgIpc) is 2.46. The van der Waals surface area contributed by atoms with Gasteiger partial charge in [0.2, 0.25) is 0 Å². The van der Waals surface area contributed by atoms with Gasteiger partial charge in [-0.3, -0.25) is 0 Å². The zero-order chi connectivity index (χ0) is 14.7. The van der Waals surface area contributed by atoms with Gasteiger partial charge in [-0.2, -0.15) is 0 Å². The van der Waals surface area contributed by atoms with Crippen molar-refractivity contribution < 1.29 is 0 Å². The van der Waals surface area contributed by atoms with E-state index in [2.05, 4.69) is 63.0 Å². The van der Waals surface area contributed by atoms with Crippen molar-refractivity contribution in [2.75, 3.05) is 18.0 Å². The van der Waals surface area contributed by atoms with Crippen LogP contribution in [0.1, 0.15) is 44.7 Å². The minimum Gasteiger partial charge on any atom is -0.365 e. The van der Waals surface area contributed by atoms with Crippen molar-refractivity contribution in [3.63, 3.8) is 0 Å². The lowest BCUT2D eigenvalue weighted by molar-refractivity contribution is 0.306. The van der Waals surface area contributed by atoms with E-state index >= 15 is 0 Å². The molecule has 2 rings (SSSR count). The first-order chi connectivity index (χ1) is 9.56. The van der Waals surface area contributed by atoms with Gasteiger partial charge in [0.25, 0.3) is 0 Å². The van der Waals surface area contributed by atoms with Crippen LogP contribution >= 0.6 is 0 Å². The van der Waals surface area contributed by atoms with E-state index in [4.69, 9.17) is 0 Å². The van der Waals surface area contributed by atoms with Crippen LogP contribution in [0.15, 0.2) is 18.2 Å². The second kappa shape index (κ2) is 6.62. The van der Waals surface area contributed by atoms with Crippen LogP contribution in [0.4, 0.5) is 5.69 Å². The van der Waals surface area contributed by atoms with Crippen LogP contribution in [0.5, 0.6) is 0 Å². The maximum absolute atomic E-state index is 3.76. The van der Waals surface area contributed by atoms with Crippen LogP contribution in [-0.2, 0) is 0 Å². The molecule has 112 valence electrons. The van der Waals surface area contributed by atoms with Gasteiger partial charge in [-0.1, -0.05) is 44.9 Å². The van der Waals surface area contributed by atoms with Crippen LogP contribution in [0.25, 0.3) is 0 Å². The number of benzene rings is 1. The Balaban J connectivity index is 2.24. The van der Waals surface area contributed by atoms with Crippen molar-refractivity contribution in [2.45, 2.75) is 59.5 Å². The van der Waals surface area contributed by atoms with Crippen molar-refractivity contribution in [3.8, 4) is 0 Å². The Morgan fingerprint density at radius 2 is 2.05 bits per heavy atom. The summed E-state index contributed by atoms with van der Waals surface area (Å²) in [4.78, 5) is 2.64. The molecule has 1 aromatic rings. The van der Waals surface area contributed by atoms with E-state index in [0.717, 1.165) is 19.0 Å². The summed E-state index contributed by atoms with van der Waals surface area (Å²) < 4.78 is 0. The van der Waals surface area contributed by atoms with Crippen LogP contribution in [0, 0.1) is 19.8 Å². The van der Waals surface area contributed by atoms with E-state index in [9.17, 15) is 0 Å². The van der Waals surface area contributed by atoms with Crippen molar-refractivity contribution in [3.05, 3.63) is 29.3 Å². The van der Waals surface area contributed by atoms with Crippen LogP contribution in [-0.4, -0.2) is 25.2 Å². The second-order valence-corrected chi connectivity index (χ2v) is 6.40. The molecule has 0 radical (unpaired) electrons. The summed E-state index contributed by atoms with van der Waals surface area (Å²) >= 11 is 0. The Labute approximate surface area is 124 Å². The van der Waals surface area contributed by atoms with Gasteiger partial charge >= 0.3 is 0 Å². The first kappa shape index (κ1) is 15.4. The van der Waals surface area contributed by atoms with E-state index in [1.165, 1.54) is 29.7 Å². The molecule has 2 nitrogen and oxygen atoms in total. The molecular formula is C18H30N2. The van der Waals surface area contributed by atoms with Crippen molar-refractivity contribution in [1.29, 1.82) is 0 Å². The van der Waals surface area contributed by atoms with Gasteiger partial charge in [0.15, 0.2) is 0 Å². The number of hydrogen-bond donors (Lipinski definition) is 1. The van der Waals surface area contributed by atoms with E-state index in [0.29, 0.717) is 12.1 Å². The number of nitrogens with one attached hydrogen (secondary N) is 1. The average molecular weight is 274 g/mol. The highest BCUT2D eigenvalue weighted by Gasteiger charge is 2.29. The zero-order valence-electron chi connectivity index (χ0n) is 13.7. The van der Waals surface area contributed by atoms with Gasteiger partial charge in [0, 0.05) is 30.9 Å². The fraction of sp³-hybridized carbons (Fsp3) is 0.667. The normalized spacial score (nSPS) is 24.8. The molecule has 0 amide bonds. The van der Waals surface area contributed by atoms with Gasteiger partial charge in [-0.25, -0.2) is 0 Å². The largest absolute Gasteiger partial charge is 0.365 e. The third-order valence-electron chi connectivity index (χ3n) is 4.91. The number of aryl methyl sites for hydroxylation is 2. The van der Waals surface area contributed by atoms with E-state index < -0.39 is 0 Å². The Morgan fingerprint density at radius 3 is 2.65 bits per heavy atom. The highest BCUT2D eigenvalue weighted by atomic mass is 15.2. The smallest absolute Gasteiger partial charge is 0.0412 e. The Bertz CT molecular complexity index is 441. The molecule has 3 atom stereocenters. The molecule has 0 aliphatic carbocycles. The van der Waals surface area contributed by atoms with Gasteiger partial charge in [0.05, 0.1) is 0 Å². The first-order valence-corrected chi connectivity index (χ1v) is 8.14. The Morgan fingerprint density at radius 1 is 1.30 bits per heavy atom.